The lowest BCUT2D eigenvalue weighted by atomic mass is 9.68. The molecule has 8 nitrogen and oxygen atoms in total. The predicted octanol–water partition coefficient (Wildman–Crippen LogP) is 8.99. The van der Waals surface area contributed by atoms with Gasteiger partial charge in [0.25, 0.3) is 14.2 Å². The lowest BCUT2D eigenvalue weighted by molar-refractivity contribution is 0.0460. The van der Waals surface area contributed by atoms with Crippen molar-refractivity contribution in [3.05, 3.63) is 144 Å². The number of amides is 1. The number of allylic oxidation sites excluding steroid dienone is 1. The van der Waals surface area contributed by atoms with Crippen LogP contribution in [0, 0.1) is 17.8 Å². The first-order valence-electron chi connectivity index (χ1n) is 22.2. The number of benzene rings is 4. The molecule has 0 aromatic heterocycles. The van der Waals surface area contributed by atoms with Gasteiger partial charge in [0.1, 0.15) is 5.75 Å². The van der Waals surface area contributed by atoms with E-state index in [1.807, 2.05) is 49.4 Å². The first-order valence-corrected chi connectivity index (χ1v) is 26.0. The fraction of sp³-hybridized carbons (Fsp3) is 0.431. The van der Waals surface area contributed by atoms with Gasteiger partial charge in [0.15, 0.2) is 0 Å². The highest BCUT2D eigenvalue weighted by molar-refractivity contribution is 7.90. The molecule has 6 atom stereocenters. The molecule has 2 N–H and O–H groups in total. The number of carbonyl (C=O) groups excluding carboxylic acids is 1. The van der Waals surface area contributed by atoms with Gasteiger partial charge >= 0.3 is 0 Å². The van der Waals surface area contributed by atoms with Gasteiger partial charge in [0.05, 0.1) is 23.6 Å². The van der Waals surface area contributed by atoms with E-state index in [0.29, 0.717) is 36.9 Å². The summed E-state index contributed by atoms with van der Waals surface area (Å²) in [6.45, 7) is 18.1. The summed E-state index contributed by atoms with van der Waals surface area (Å²) in [5, 5.41) is 12.5. The number of halogens is 1. The minimum absolute atomic E-state index is 0.0835. The molecule has 0 bridgehead atoms. The number of rotatable bonds is 16. The summed E-state index contributed by atoms with van der Waals surface area (Å²) in [5.74, 6) is -0.116. The molecule has 1 fully saturated rings. The van der Waals surface area contributed by atoms with Crippen LogP contribution in [0.1, 0.15) is 87.7 Å². The number of aryl methyl sites for hydroxylation is 1. The fourth-order valence-electron chi connectivity index (χ4n) is 10.5. The van der Waals surface area contributed by atoms with Crippen molar-refractivity contribution in [2.45, 2.75) is 94.4 Å². The quantitative estimate of drug-likeness (QED) is 0.0855. The van der Waals surface area contributed by atoms with Crippen molar-refractivity contribution in [1.82, 2.24) is 4.72 Å². The molecule has 62 heavy (non-hydrogen) atoms. The Hall–Kier alpha value is -4.19. The summed E-state index contributed by atoms with van der Waals surface area (Å²) in [6, 6.07) is 31.9. The first-order chi connectivity index (χ1) is 29.6. The second kappa shape index (κ2) is 18.9. The Kier molecular flexibility index (Phi) is 14.0. The number of aliphatic hydroxyl groups is 1. The standard InChI is InChI=1S/C51H63ClN2O6SSi/c1-7-16-36(3)48(28-30-60-62(50(4,5)6,41-18-11-9-12-19-41)42-20-13-10-14-21-42)61(57,58)53-49(56)38-23-27-47-45(32-38)54(33-39-22-25-43(39)46(55)8-2)34-51(35-59-47)29-15-17-37-31-40(52)24-26-44(37)51/h7-14,18-21,23-24,26-27,31-32,36,39,43,46,48,55H,1-2,15-17,22,25,28-30,33-35H2,3-6H3,(H,53,56)/t36-,39-,43+,46-,48+,51-/m0/s1. The highest BCUT2D eigenvalue weighted by Gasteiger charge is 2.50. The molecular weight excluding hydrogens is 832 g/mol. The van der Waals surface area contributed by atoms with Crippen LogP contribution in [-0.2, 0) is 26.3 Å². The van der Waals surface area contributed by atoms with Crippen LogP contribution >= 0.6 is 11.6 Å². The first kappa shape index (κ1) is 45.8. The van der Waals surface area contributed by atoms with Crippen molar-refractivity contribution in [3.63, 3.8) is 0 Å². The van der Waals surface area contributed by atoms with Crippen LogP contribution in [-0.4, -0.2) is 65.4 Å². The molecule has 2 aliphatic carbocycles. The lowest BCUT2D eigenvalue weighted by Gasteiger charge is -2.45. The number of nitrogens with zero attached hydrogens (tertiary/aromatic N) is 1. The van der Waals surface area contributed by atoms with Crippen LogP contribution in [0.3, 0.4) is 0 Å². The van der Waals surface area contributed by atoms with Crippen molar-refractivity contribution in [2.75, 3.05) is 31.2 Å². The molecular formula is C51H63ClN2O6SSi. The Morgan fingerprint density at radius 3 is 2.34 bits per heavy atom. The topological polar surface area (TPSA) is 105 Å². The number of carbonyl (C=O) groups is 1. The van der Waals surface area contributed by atoms with Crippen molar-refractivity contribution in [1.29, 1.82) is 0 Å². The van der Waals surface area contributed by atoms with Gasteiger partial charge in [-0.2, -0.15) is 0 Å². The maximum Gasteiger partial charge on any atom is 0.264 e. The third-order valence-corrected chi connectivity index (χ3v) is 21.1. The lowest BCUT2D eigenvalue weighted by Crippen LogP contribution is -2.66. The van der Waals surface area contributed by atoms with E-state index in [1.165, 1.54) is 11.1 Å². The van der Waals surface area contributed by atoms with Crippen LogP contribution in [0.4, 0.5) is 5.69 Å². The van der Waals surface area contributed by atoms with Gasteiger partial charge < -0.3 is 19.2 Å². The Morgan fingerprint density at radius 2 is 1.73 bits per heavy atom. The molecule has 1 amide bonds. The molecule has 0 unspecified atom stereocenters. The largest absolute Gasteiger partial charge is 0.490 e. The summed E-state index contributed by atoms with van der Waals surface area (Å²) in [4.78, 5) is 16.6. The van der Waals surface area contributed by atoms with Crippen molar-refractivity contribution < 1.29 is 27.5 Å². The molecule has 4 aromatic carbocycles. The average molecular weight is 896 g/mol. The van der Waals surface area contributed by atoms with E-state index < -0.39 is 35.6 Å². The van der Waals surface area contributed by atoms with E-state index in [4.69, 9.17) is 20.8 Å². The van der Waals surface area contributed by atoms with Gasteiger partial charge in [0, 0.05) is 35.7 Å². The summed E-state index contributed by atoms with van der Waals surface area (Å²) in [7, 11) is -7.16. The molecule has 1 heterocycles. The van der Waals surface area contributed by atoms with E-state index in [-0.39, 0.29) is 46.8 Å². The second-order valence-electron chi connectivity index (χ2n) is 18.8. The monoisotopic (exact) mass is 894 g/mol. The van der Waals surface area contributed by atoms with Gasteiger partial charge in [-0.1, -0.05) is 118 Å². The minimum Gasteiger partial charge on any atom is -0.490 e. The van der Waals surface area contributed by atoms with Crippen molar-refractivity contribution in [3.8, 4) is 5.75 Å². The highest BCUT2D eigenvalue weighted by atomic mass is 35.5. The smallest absolute Gasteiger partial charge is 0.264 e. The molecule has 330 valence electrons. The number of fused-ring (bicyclic) bond motifs is 3. The summed E-state index contributed by atoms with van der Waals surface area (Å²) < 4.78 is 45.3. The fourth-order valence-corrected chi connectivity index (χ4v) is 16.9. The molecule has 4 aromatic rings. The van der Waals surface area contributed by atoms with Gasteiger partial charge in [0.2, 0.25) is 10.0 Å². The number of hydrogen-bond acceptors (Lipinski definition) is 7. The molecule has 11 heteroatoms. The Morgan fingerprint density at radius 1 is 1.03 bits per heavy atom. The zero-order valence-corrected chi connectivity index (χ0v) is 39.3. The SMILES string of the molecule is C=CC[C@H](C)[C@@H](CCO[Si](c1ccccc1)(c1ccccc1)C(C)(C)C)S(=O)(=O)NC(=O)c1ccc2c(c1)N(C[C@@H]1CC[C@H]1[C@@H](O)C=C)C[C@@]1(CCCc3cc(Cl)ccc31)CO2. The average Bonchev–Trinajstić information content (AvgIpc) is 3.38. The second-order valence-corrected chi connectivity index (χ2v) is 25.5. The number of aliphatic hydroxyl groups excluding tert-OH is 1. The predicted molar refractivity (Wildman–Crippen MR) is 255 cm³/mol. The maximum absolute atomic E-state index is 14.5. The van der Waals surface area contributed by atoms with E-state index >= 15 is 0 Å². The summed E-state index contributed by atoms with van der Waals surface area (Å²) in [6.07, 6.45) is 8.10. The van der Waals surface area contributed by atoms with E-state index in [9.17, 15) is 18.3 Å². The van der Waals surface area contributed by atoms with Crippen molar-refractivity contribution in [2.24, 2.45) is 17.8 Å². The Balaban J connectivity index is 1.17. The van der Waals surface area contributed by atoms with Crippen LogP contribution in [0.15, 0.2) is 122 Å². The zero-order chi connectivity index (χ0) is 44.3. The molecule has 1 aliphatic heterocycles. The van der Waals surface area contributed by atoms with Gasteiger partial charge in [-0.25, -0.2) is 13.1 Å². The van der Waals surface area contributed by atoms with Gasteiger partial charge in [-0.15, -0.1) is 13.2 Å². The zero-order valence-electron chi connectivity index (χ0n) is 36.7. The third kappa shape index (κ3) is 9.22. The molecule has 3 aliphatic rings. The molecule has 0 saturated heterocycles. The maximum atomic E-state index is 14.5. The van der Waals surface area contributed by atoms with Crippen molar-refractivity contribution >= 4 is 51.9 Å². The van der Waals surface area contributed by atoms with Crippen LogP contribution in [0.25, 0.3) is 0 Å². The van der Waals surface area contributed by atoms with Crippen LogP contribution < -0.4 is 24.7 Å². The Labute approximate surface area is 375 Å². The number of anilines is 1. The number of ether oxygens (including phenoxy) is 1. The molecule has 1 spiro atoms. The van der Waals surface area contributed by atoms with Crippen LogP contribution in [0.2, 0.25) is 10.1 Å². The van der Waals surface area contributed by atoms with Gasteiger partial charge in [-0.3, -0.25) is 4.79 Å². The van der Waals surface area contributed by atoms with Gasteiger partial charge in [-0.05, 0) is 120 Å². The number of sulfonamides is 1. The number of nitrogens with one attached hydrogen (secondary N) is 1. The van der Waals surface area contributed by atoms with Crippen LogP contribution in [0.5, 0.6) is 5.75 Å². The third-order valence-electron chi connectivity index (χ3n) is 13.9. The minimum atomic E-state index is -4.21. The summed E-state index contributed by atoms with van der Waals surface area (Å²) in [5.41, 5.74) is 3.09. The molecule has 0 radical (unpaired) electrons. The highest BCUT2D eigenvalue weighted by Crippen LogP contribution is 2.47. The molecule has 1 saturated carbocycles. The summed E-state index contributed by atoms with van der Waals surface area (Å²) >= 11 is 6.48. The van der Waals surface area contributed by atoms with E-state index in [2.05, 4.69) is 79.9 Å². The Bertz CT molecular complexity index is 2300. The van der Waals surface area contributed by atoms with E-state index in [1.54, 1.807) is 30.4 Å². The normalized spacial score (nSPS) is 21.5. The number of hydrogen-bond donors (Lipinski definition) is 2. The molecule has 7 rings (SSSR count). The van der Waals surface area contributed by atoms with E-state index in [0.717, 1.165) is 48.2 Å².